The van der Waals surface area contributed by atoms with Crippen LogP contribution in [-0.2, 0) is 0 Å². The van der Waals surface area contributed by atoms with Gasteiger partial charge < -0.3 is 24.5 Å². The van der Waals surface area contributed by atoms with Crippen LogP contribution in [0.25, 0.3) is 11.4 Å². The van der Waals surface area contributed by atoms with Gasteiger partial charge in [-0.2, -0.15) is 0 Å². The van der Waals surface area contributed by atoms with Gasteiger partial charge in [-0.3, -0.25) is 4.79 Å². The summed E-state index contributed by atoms with van der Waals surface area (Å²) in [5.41, 5.74) is 2.34. The van der Waals surface area contributed by atoms with Gasteiger partial charge in [-0.1, -0.05) is 24.3 Å². The highest BCUT2D eigenvalue weighted by molar-refractivity contribution is 6.00. The number of aromatic nitrogens is 2. The summed E-state index contributed by atoms with van der Waals surface area (Å²) < 4.78 is 10.8. The van der Waals surface area contributed by atoms with E-state index in [9.17, 15) is 9.90 Å². The standard InChI is InChI=1S/C22H21N3O4/c26-18-12-25(10-7-15(18)14-5-6-19-20(11-14)29-13-28-19)22(27)17-4-2-1-3-16(17)21-23-8-9-24-21/h1-6,8-9,11,15,18,26H,7,10,12-13H2,(H,23,24)/t15-,18+/m0/s1. The van der Waals surface area contributed by atoms with Gasteiger partial charge in [-0.15, -0.1) is 0 Å². The van der Waals surface area contributed by atoms with Crippen LogP contribution in [-0.4, -0.2) is 51.9 Å². The number of carbonyl (C=O) groups is 1. The van der Waals surface area contributed by atoms with Gasteiger partial charge in [-0.05, 0) is 30.2 Å². The molecule has 2 atom stereocenters. The van der Waals surface area contributed by atoms with E-state index in [1.54, 1.807) is 23.4 Å². The Morgan fingerprint density at radius 2 is 2.03 bits per heavy atom. The van der Waals surface area contributed by atoms with Crippen molar-refractivity contribution in [2.24, 2.45) is 0 Å². The summed E-state index contributed by atoms with van der Waals surface area (Å²) in [6.07, 6.45) is 3.42. The summed E-state index contributed by atoms with van der Waals surface area (Å²) >= 11 is 0. The molecule has 0 bridgehead atoms. The number of imidazole rings is 1. The van der Waals surface area contributed by atoms with Gasteiger partial charge in [0.25, 0.3) is 5.91 Å². The van der Waals surface area contributed by atoms with E-state index in [0.29, 0.717) is 30.1 Å². The third-order valence-electron chi connectivity index (χ3n) is 5.60. The van der Waals surface area contributed by atoms with Gasteiger partial charge in [0, 0.05) is 37.0 Å². The first-order valence-corrected chi connectivity index (χ1v) is 9.66. The van der Waals surface area contributed by atoms with Crippen molar-refractivity contribution in [3.8, 4) is 22.9 Å². The van der Waals surface area contributed by atoms with Crippen LogP contribution in [0.4, 0.5) is 0 Å². The van der Waals surface area contributed by atoms with Gasteiger partial charge in [0.1, 0.15) is 5.82 Å². The van der Waals surface area contributed by atoms with Crippen molar-refractivity contribution in [2.45, 2.75) is 18.4 Å². The molecule has 7 heteroatoms. The van der Waals surface area contributed by atoms with Gasteiger partial charge in [0.05, 0.1) is 11.7 Å². The highest BCUT2D eigenvalue weighted by Gasteiger charge is 2.33. The fraction of sp³-hybridized carbons (Fsp3) is 0.273. The van der Waals surface area contributed by atoms with Crippen molar-refractivity contribution >= 4 is 5.91 Å². The molecule has 0 spiro atoms. The highest BCUT2D eigenvalue weighted by atomic mass is 16.7. The predicted octanol–water partition coefficient (Wildman–Crippen LogP) is 2.80. The molecule has 7 nitrogen and oxygen atoms in total. The number of likely N-dealkylation sites (tertiary alicyclic amines) is 1. The quantitative estimate of drug-likeness (QED) is 0.717. The molecular weight excluding hydrogens is 370 g/mol. The molecule has 0 aliphatic carbocycles. The van der Waals surface area contributed by atoms with Gasteiger partial charge in [-0.25, -0.2) is 4.98 Å². The minimum absolute atomic E-state index is 0.0473. The number of piperidine rings is 1. The lowest BCUT2D eigenvalue weighted by atomic mass is 9.86. The first kappa shape index (κ1) is 17.8. The fourth-order valence-corrected chi connectivity index (χ4v) is 4.11. The molecule has 2 aromatic carbocycles. The van der Waals surface area contributed by atoms with E-state index in [0.717, 1.165) is 16.9 Å². The summed E-state index contributed by atoms with van der Waals surface area (Å²) in [7, 11) is 0. The number of hydrogen-bond acceptors (Lipinski definition) is 5. The molecule has 29 heavy (non-hydrogen) atoms. The number of aliphatic hydroxyl groups excluding tert-OH is 1. The topological polar surface area (TPSA) is 87.7 Å². The third-order valence-corrected chi connectivity index (χ3v) is 5.60. The zero-order valence-electron chi connectivity index (χ0n) is 15.7. The van der Waals surface area contributed by atoms with Crippen LogP contribution < -0.4 is 9.47 Å². The molecule has 1 fully saturated rings. The normalized spacial score (nSPS) is 20.7. The molecule has 1 aromatic heterocycles. The second-order valence-electron chi connectivity index (χ2n) is 7.31. The molecule has 5 rings (SSSR count). The van der Waals surface area contributed by atoms with Crippen LogP contribution in [0.15, 0.2) is 54.9 Å². The monoisotopic (exact) mass is 391 g/mol. The maximum Gasteiger partial charge on any atom is 0.254 e. The van der Waals surface area contributed by atoms with E-state index < -0.39 is 6.10 Å². The number of ether oxygens (including phenoxy) is 2. The number of nitrogens with zero attached hydrogens (tertiary/aromatic N) is 2. The minimum Gasteiger partial charge on any atom is -0.454 e. The maximum atomic E-state index is 13.2. The zero-order valence-corrected chi connectivity index (χ0v) is 15.7. The largest absolute Gasteiger partial charge is 0.454 e. The Morgan fingerprint density at radius 1 is 1.17 bits per heavy atom. The van der Waals surface area contributed by atoms with Crippen molar-refractivity contribution in [3.63, 3.8) is 0 Å². The first-order valence-electron chi connectivity index (χ1n) is 9.66. The molecule has 0 saturated carbocycles. The van der Waals surface area contributed by atoms with Crippen molar-refractivity contribution in [1.29, 1.82) is 0 Å². The second kappa shape index (κ2) is 7.25. The second-order valence-corrected chi connectivity index (χ2v) is 7.31. The molecule has 2 aliphatic rings. The van der Waals surface area contributed by atoms with E-state index in [1.807, 2.05) is 36.4 Å². The summed E-state index contributed by atoms with van der Waals surface area (Å²) in [5, 5.41) is 10.8. The number of rotatable bonds is 3. The molecule has 148 valence electrons. The average Bonchev–Trinajstić information content (AvgIpc) is 3.44. The van der Waals surface area contributed by atoms with Crippen LogP contribution in [0.5, 0.6) is 11.5 Å². The molecule has 2 N–H and O–H groups in total. The van der Waals surface area contributed by atoms with E-state index in [4.69, 9.17) is 9.47 Å². The Kier molecular flexibility index (Phi) is 4.44. The number of nitrogens with one attached hydrogen (secondary N) is 1. The summed E-state index contributed by atoms with van der Waals surface area (Å²) in [5.74, 6) is 1.95. The van der Waals surface area contributed by atoms with Crippen molar-refractivity contribution < 1.29 is 19.4 Å². The lowest BCUT2D eigenvalue weighted by Gasteiger charge is -2.36. The smallest absolute Gasteiger partial charge is 0.254 e. The van der Waals surface area contributed by atoms with Crippen LogP contribution in [0.1, 0.15) is 28.3 Å². The van der Waals surface area contributed by atoms with Gasteiger partial charge in [0.15, 0.2) is 11.5 Å². The third kappa shape index (κ3) is 3.23. The van der Waals surface area contributed by atoms with Gasteiger partial charge >= 0.3 is 0 Å². The summed E-state index contributed by atoms with van der Waals surface area (Å²) in [6.45, 7) is 1.08. The van der Waals surface area contributed by atoms with Crippen LogP contribution >= 0.6 is 0 Å². The van der Waals surface area contributed by atoms with E-state index in [2.05, 4.69) is 9.97 Å². The van der Waals surface area contributed by atoms with Crippen LogP contribution in [0, 0.1) is 0 Å². The number of benzene rings is 2. The number of aromatic amines is 1. The first-order chi connectivity index (χ1) is 14.2. The minimum atomic E-state index is -0.649. The number of H-pyrrole nitrogens is 1. The molecule has 1 saturated heterocycles. The van der Waals surface area contributed by atoms with Crippen molar-refractivity contribution in [2.75, 3.05) is 19.9 Å². The predicted molar refractivity (Wildman–Crippen MR) is 106 cm³/mol. The number of hydrogen-bond donors (Lipinski definition) is 2. The Labute approximate surface area is 167 Å². The zero-order chi connectivity index (χ0) is 19.8. The van der Waals surface area contributed by atoms with Crippen LogP contribution in [0.2, 0.25) is 0 Å². The number of amides is 1. The number of β-amino-alcohol motifs (C(OH)–C–C–N with tert-alkyl or cyclic N) is 1. The molecule has 0 unspecified atom stereocenters. The lowest BCUT2D eigenvalue weighted by molar-refractivity contribution is 0.0382. The molecule has 3 heterocycles. The van der Waals surface area contributed by atoms with Crippen molar-refractivity contribution in [1.82, 2.24) is 14.9 Å². The molecule has 3 aromatic rings. The number of carbonyl (C=O) groups excluding carboxylic acids is 1. The molecule has 0 radical (unpaired) electrons. The van der Waals surface area contributed by atoms with E-state index >= 15 is 0 Å². The Bertz CT molecular complexity index is 1030. The Balaban J connectivity index is 1.34. The summed E-state index contributed by atoms with van der Waals surface area (Å²) in [6, 6.07) is 13.2. The van der Waals surface area contributed by atoms with E-state index in [-0.39, 0.29) is 25.2 Å². The van der Waals surface area contributed by atoms with Crippen molar-refractivity contribution in [3.05, 3.63) is 66.0 Å². The highest BCUT2D eigenvalue weighted by Crippen LogP contribution is 2.38. The molecule has 2 aliphatic heterocycles. The number of aliphatic hydroxyl groups is 1. The van der Waals surface area contributed by atoms with E-state index in [1.165, 1.54) is 0 Å². The fourth-order valence-electron chi connectivity index (χ4n) is 4.11. The molecule has 1 amide bonds. The molecular formula is C22H21N3O4. The van der Waals surface area contributed by atoms with Crippen LogP contribution in [0.3, 0.4) is 0 Å². The maximum absolute atomic E-state index is 13.2. The SMILES string of the molecule is O=C(c1ccccc1-c1ncc[nH]1)N1CC[C@@H](c2ccc3c(c2)OCO3)[C@H](O)C1. The Morgan fingerprint density at radius 3 is 2.86 bits per heavy atom. The van der Waals surface area contributed by atoms with Gasteiger partial charge in [0.2, 0.25) is 6.79 Å². The average molecular weight is 391 g/mol. The lowest BCUT2D eigenvalue weighted by Crippen LogP contribution is -2.45. The number of fused-ring (bicyclic) bond motifs is 1. The Hall–Kier alpha value is -3.32. The summed E-state index contributed by atoms with van der Waals surface area (Å²) in [4.78, 5) is 22.2.